The number of carbonyl (C=O) groups is 3. The van der Waals surface area contributed by atoms with E-state index in [0.717, 1.165) is 22.2 Å². The minimum Gasteiger partial charge on any atom is -0.467 e. The summed E-state index contributed by atoms with van der Waals surface area (Å²) in [5.74, 6) is -1.14. The van der Waals surface area contributed by atoms with Crippen LogP contribution >= 0.6 is 23.4 Å². The van der Waals surface area contributed by atoms with E-state index in [4.69, 9.17) is 11.6 Å². The molecule has 1 heterocycles. The largest absolute Gasteiger partial charge is 0.467 e. The first-order valence-corrected chi connectivity index (χ1v) is 7.24. The molecule has 1 fully saturated rings. The number of benzene rings is 1. The second-order valence-electron chi connectivity index (χ2n) is 4.30. The van der Waals surface area contributed by atoms with E-state index in [1.807, 2.05) is 0 Å². The zero-order valence-electron chi connectivity index (χ0n) is 11.3. The normalized spacial score (nSPS) is 18.2. The van der Waals surface area contributed by atoms with Crippen LogP contribution in [0.5, 0.6) is 0 Å². The van der Waals surface area contributed by atoms with Crippen LogP contribution in [0.1, 0.15) is 12.5 Å². The Morgan fingerprint density at radius 1 is 1.33 bits per heavy atom. The molecule has 1 aromatic carbocycles. The van der Waals surface area contributed by atoms with Crippen molar-refractivity contribution in [2.24, 2.45) is 0 Å². The lowest BCUT2D eigenvalue weighted by Gasteiger charge is -2.18. The Morgan fingerprint density at radius 2 is 1.95 bits per heavy atom. The van der Waals surface area contributed by atoms with Crippen molar-refractivity contribution in [2.75, 3.05) is 7.11 Å². The molecule has 110 valence electrons. The molecule has 7 heteroatoms. The fourth-order valence-electron chi connectivity index (χ4n) is 1.80. The highest BCUT2D eigenvalue weighted by Gasteiger charge is 2.41. The molecule has 0 radical (unpaired) electrons. The number of esters is 1. The number of imide groups is 1. The van der Waals surface area contributed by atoms with Crippen LogP contribution in [0.4, 0.5) is 4.79 Å². The molecule has 5 nitrogen and oxygen atoms in total. The van der Waals surface area contributed by atoms with Gasteiger partial charge in [0.2, 0.25) is 0 Å². The van der Waals surface area contributed by atoms with Crippen LogP contribution in [-0.2, 0) is 14.3 Å². The number of methoxy groups -OCH3 is 1. The van der Waals surface area contributed by atoms with Gasteiger partial charge in [-0.25, -0.2) is 4.79 Å². The van der Waals surface area contributed by atoms with E-state index < -0.39 is 23.2 Å². The summed E-state index contributed by atoms with van der Waals surface area (Å²) in [7, 11) is 1.21. The summed E-state index contributed by atoms with van der Waals surface area (Å²) in [5, 5.41) is 0.0951. The van der Waals surface area contributed by atoms with Gasteiger partial charge in [0, 0.05) is 5.02 Å². The van der Waals surface area contributed by atoms with Crippen LogP contribution in [-0.4, -0.2) is 35.2 Å². The summed E-state index contributed by atoms with van der Waals surface area (Å²) in [4.78, 5) is 36.8. The third-order valence-corrected chi connectivity index (χ3v) is 4.06. The number of rotatable bonds is 3. The maximum Gasteiger partial charge on any atom is 0.328 e. The van der Waals surface area contributed by atoms with Crippen LogP contribution in [0, 0.1) is 0 Å². The van der Waals surface area contributed by atoms with Crippen LogP contribution in [0.25, 0.3) is 6.08 Å². The van der Waals surface area contributed by atoms with Gasteiger partial charge in [-0.3, -0.25) is 14.5 Å². The number of ether oxygens (including phenoxy) is 1. The Bertz CT molecular complexity index is 626. The molecule has 1 aliphatic heterocycles. The molecule has 0 unspecified atom stereocenters. The summed E-state index contributed by atoms with van der Waals surface area (Å²) in [6.45, 7) is 1.45. The average molecular weight is 326 g/mol. The summed E-state index contributed by atoms with van der Waals surface area (Å²) < 4.78 is 4.56. The van der Waals surface area contributed by atoms with Crippen molar-refractivity contribution in [3.05, 3.63) is 39.8 Å². The molecule has 1 aromatic rings. The predicted octanol–water partition coefficient (Wildman–Crippen LogP) is 2.94. The summed E-state index contributed by atoms with van der Waals surface area (Å²) in [6.07, 6.45) is 1.59. The van der Waals surface area contributed by atoms with Crippen molar-refractivity contribution in [3.63, 3.8) is 0 Å². The predicted molar refractivity (Wildman–Crippen MR) is 80.7 cm³/mol. The molecule has 21 heavy (non-hydrogen) atoms. The van der Waals surface area contributed by atoms with Gasteiger partial charge in [0.25, 0.3) is 11.1 Å². The van der Waals surface area contributed by atoms with Gasteiger partial charge in [0.05, 0.1) is 12.0 Å². The molecule has 0 N–H and O–H groups in total. The third-order valence-electron chi connectivity index (χ3n) is 2.92. The van der Waals surface area contributed by atoms with Gasteiger partial charge in [0.1, 0.15) is 6.04 Å². The molecule has 0 aliphatic carbocycles. The maximum atomic E-state index is 12.2. The number of hydrogen-bond donors (Lipinski definition) is 0. The zero-order chi connectivity index (χ0) is 15.6. The molecule has 0 saturated carbocycles. The van der Waals surface area contributed by atoms with Gasteiger partial charge < -0.3 is 4.74 Å². The molecule has 0 bridgehead atoms. The smallest absolute Gasteiger partial charge is 0.328 e. The number of hydrogen-bond acceptors (Lipinski definition) is 5. The van der Waals surface area contributed by atoms with E-state index in [2.05, 4.69) is 4.74 Å². The van der Waals surface area contributed by atoms with E-state index in [1.165, 1.54) is 14.0 Å². The van der Waals surface area contributed by atoms with Gasteiger partial charge in [0.15, 0.2) is 0 Å². The van der Waals surface area contributed by atoms with Crippen molar-refractivity contribution >= 4 is 46.6 Å². The highest BCUT2D eigenvalue weighted by molar-refractivity contribution is 8.18. The lowest BCUT2D eigenvalue weighted by molar-refractivity contribution is -0.148. The highest BCUT2D eigenvalue weighted by atomic mass is 35.5. The Morgan fingerprint density at radius 3 is 2.52 bits per heavy atom. The van der Waals surface area contributed by atoms with Crippen molar-refractivity contribution in [1.82, 2.24) is 4.90 Å². The first-order chi connectivity index (χ1) is 9.93. The fraction of sp³-hybridized carbons (Fsp3) is 0.214. The minimum atomic E-state index is -0.946. The van der Waals surface area contributed by atoms with Crippen molar-refractivity contribution in [2.45, 2.75) is 13.0 Å². The van der Waals surface area contributed by atoms with Gasteiger partial charge in [-0.2, -0.15) is 0 Å². The summed E-state index contributed by atoms with van der Waals surface area (Å²) in [5.41, 5.74) is 0.746. The first-order valence-electron chi connectivity index (χ1n) is 6.04. The number of carbonyl (C=O) groups excluding carboxylic acids is 3. The minimum absolute atomic E-state index is 0.262. The van der Waals surface area contributed by atoms with E-state index in [9.17, 15) is 14.4 Å². The summed E-state index contributed by atoms with van der Waals surface area (Å²) in [6, 6.07) is 5.90. The van der Waals surface area contributed by atoms with Crippen LogP contribution in [0.2, 0.25) is 5.02 Å². The standard InChI is InChI=1S/C14H12ClNO4S/c1-8(13(18)20-2)16-12(17)11(21-14(16)19)7-9-3-5-10(15)6-4-9/h3-8H,1-2H3/b11-7+/t8-/m0/s1. The molecule has 2 rings (SSSR count). The second-order valence-corrected chi connectivity index (χ2v) is 5.73. The number of halogens is 1. The van der Waals surface area contributed by atoms with Gasteiger partial charge in [-0.15, -0.1) is 0 Å². The lowest BCUT2D eigenvalue weighted by Crippen LogP contribution is -2.42. The van der Waals surface area contributed by atoms with Crippen molar-refractivity contribution in [3.8, 4) is 0 Å². The van der Waals surface area contributed by atoms with Gasteiger partial charge in [-0.1, -0.05) is 23.7 Å². The Hall–Kier alpha value is -1.79. The highest BCUT2D eigenvalue weighted by Crippen LogP contribution is 2.33. The summed E-state index contributed by atoms with van der Waals surface area (Å²) >= 11 is 6.58. The quantitative estimate of drug-likeness (QED) is 0.631. The second kappa shape index (κ2) is 6.32. The first kappa shape index (κ1) is 15.6. The van der Waals surface area contributed by atoms with E-state index >= 15 is 0 Å². The molecule has 2 amide bonds. The Labute approximate surface area is 130 Å². The van der Waals surface area contributed by atoms with Gasteiger partial charge >= 0.3 is 5.97 Å². The van der Waals surface area contributed by atoms with E-state index in [1.54, 1.807) is 30.3 Å². The van der Waals surface area contributed by atoms with Crippen LogP contribution in [0.15, 0.2) is 29.2 Å². The molecule has 1 saturated heterocycles. The maximum absolute atomic E-state index is 12.2. The zero-order valence-corrected chi connectivity index (χ0v) is 12.9. The van der Waals surface area contributed by atoms with Crippen LogP contribution < -0.4 is 0 Å². The molecule has 0 spiro atoms. The Balaban J connectivity index is 2.25. The molecular formula is C14H12ClNO4S. The van der Waals surface area contributed by atoms with E-state index in [0.29, 0.717) is 5.02 Å². The number of thioether (sulfide) groups is 1. The number of nitrogens with zero attached hydrogens (tertiary/aromatic N) is 1. The topological polar surface area (TPSA) is 63.7 Å². The third kappa shape index (κ3) is 3.28. The monoisotopic (exact) mass is 325 g/mol. The fourth-order valence-corrected chi connectivity index (χ4v) is 2.83. The molecule has 1 atom stereocenters. The van der Waals surface area contributed by atoms with Crippen molar-refractivity contribution in [1.29, 1.82) is 0 Å². The van der Waals surface area contributed by atoms with Gasteiger partial charge in [-0.05, 0) is 42.5 Å². The molecular weight excluding hydrogens is 314 g/mol. The molecule has 1 aliphatic rings. The number of amides is 2. The lowest BCUT2D eigenvalue weighted by atomic mass is 10.2. The van der Waals surface area contributed by atoms with Crippen LogP contribution in [0.3, 0.4) is 0 Å². The average Bonchev–Trinajstić information content (AvgIpc) is 2.74. The Kier molecular flexibility index (Phi) is 4.69. The molecule has 0 aromatic heterocycles. The van der Waals surface area contributed by atoms with E-state index in [-0.39, 0.29) is 4.91 Å². The van der Waals surface area contributed by atoms with Crippen molar-refractivity contribution < 1.29 is 19.1 Å². The SMILES string of the molecule is COC(=O)[C@H](C)N1C(=O)S/C(=C/c2ccc(Cl)cc2)C1=O.